The molecule has 8 heteroatoms. The summed E-state index contributed by atoms with van der Waals surface area (Å²) < 4.78 is 37.5. The SMILES string of the molecule is O=C(O)c1nc(N(CC(F)(F)F)C2CC2)ccc1Cl. The first kappa shape index (κ1) is 13.9. The molecule has 0 unspecified atom stereocenters. The van der Waals surface area contributed by atoms with Gasteiger partial charge in [-0.2, -0.15) is 13.2 Å². The van der Waals surface area contributed by atoms with Gasteiger partial charge in [0.2, 0.25) is 0 Å². The first-order chi connectivity index (χ1) is 8.78. The molecule has 19 heavy (non-hydrogen) atoms. The fourth-order valence-corrected chi connectivity index (χ4v) is 1.90. The van der Waals surface area contributed by atoms with E-state index in [2.05, 4.69) is 4.98 Å². The second-order valence-corrected chi connectivity index (χ2v) is 4.69. The molecule has 0 amide bonds. The Labute approximate surface area is 111 Å². The third-order valence-electron chi connectivity index (χ3n) is 2.67. The molecular weight excluding hydrogens is 285 g/mol. The van der Waals surface area contributed by atoms with E-state index in [-0.39, 0.29) is 16.9 Å². The van der Waals surface area contributed by atoms with E-state index in [9.17, 15) is 18.0 Å². The summed E-state index contributed by atoms with van der Waals surface area (Å²) in [6.07, 6.45) is -3.08. The molecule has 0 spiro atoms. The van der Waals surface area contributed by atoms with Crippen molar-refractivity contribution in [3.05, 3.63) is 22.8 Å². The van der Waals surface area contributed by atoms with Crippen LogP contribution in [-0.4, -0.2) is 34.8 Å². The zero-order valence-electron chi connectivity index (χ0n) is 9.62. The Bertz CT molecular complexity index is 503. The van der Waals surface area contributed by atoms with Gasteiger partial charge >= 0.3 is 12.1 Å². The van der Waals surface area contributed by atoms with Crippen LogP contribution in [0.15, 0.2) is 12.1 Å². The van der Waals surface area contributed by atoms with E-state index in [0.29, 0.717) is 12.8 Å². The minimum Gasteiger partial charge on any atom is -0.476 e. The van der Waals surface area contributed by atoms with Gasteiger partial charge in [-0.3, -0.25) is 0 Å². The second kappa shape index (κ2) is 4.88. The molecule has 4 nitrogen and oxygen atoms in total. The van der Waals surface area contributed by atoms with Gasteiger partial charge in [-0.25, -0.2) is 9.78 Å². The maximum Gasteiger partial charge on any atom is 0.405 e. The highest BCUT2D eigenvalue weighted by molar-refractivity contribution is 6.33. The Kier molecular flexibility index (Phi) is 3.58. The number of hydrogen-bond acceptors (Lipinski definition) is 3. The van der Waals surface area contributed by atoms with Crippen LogP contribution in [0.4, 0.5) is 19.0 Å². The number of carboxylic acids is 1. The van der Waals surface area contributed by atoms with Gasteiger partial charge in [0.25, 0.3) is 0 Å². The number of alkyl halides is 3. The minimum atomic E-state index is -4.37. The number of carboxylic acid groups (broad SMARTS) is 1. The minimum absolute atomic E-state index is 0.0124. The molecule has 1 aliphatic carbocycles. The van der Waals surface area contributed by atoms with Crippen LogP contribution in [0.1, 0.15) is 23.3 Å². The number of rotatable bonds is 4. The van der Waals surface area contributed by atoms with Crippen molar-refractivity contribution in [2.75, 3.05) is 11.4 Å². The van der Waals surface area contributed by atoms with Crippen molar-refractivity contribution in [3.63, 3.8) is 0 Å². The van der Waals surface area contributed by atoms with Crippen molar-refractivity contribution >= 4 is 23.4 Å². The number of aromatic nitrogens is 1. The number of hydrogen-bond donors (Lipinski definition) is 1. The normalized spacial score (nSPS) is 15.4. The summed E-state index contributed by atoms with van der Waals surface area (Å²) in [7, 11) is 0. The maximum absolute atomic E-state index is 12.5. The van der Waals surface area contributed by atoms with Gasteiger partial charge < -0.3 is 10.0 Å². The Balaban J connectivity index is 2.32. The van der Waals surface area contributed by atoms with Crippen molar-refractivity contribution in [1.29, 1.82) is 0 Å². The predicted octanol–water partition coefficient (Wildman–Crippen LogP) is 2.96. The number of aromatic carboxylic acids is 1. The van der Waals surface area contributed by atoms with Crippen molar-refractivity contribution in [2.24, 2.45) is 0 Å². The number of nitrogens with zero attached hydrogens (tertiary/aromatic N) is 2. The molecule has 2 rings (SSSR count). The van der Waals surface area contributed by atoms with E-state index >= 15 is 0 Å². The Morgan fingerprint density at radius 1 is 1.47 bits per heavy atom. The molecular formula is C11H10ClF3N2O2. The smallest absolute Gasteiger partial charge is 0.405 e. The molecule has 1 aromatic rings. The average Bonchev–Trinajstić information content (AvgIpc) is 3.09. The lowest BCUT2D eigenvalue weighted by Gasteiger charge is -2.25. The van der Waals surface area contributed by atoms with Gasteiger partial charge in [0, 0.05) is 6.04 Å². The van der Waals surface area contributed by atoms with Crippen LogP contribution in [0.25, 0.3) is 0 Å². The highest BCUT2D eigenvalue weighted by atomic mass is 35.5. The van der Waals surface area contributed by atoms with Gasteiger partial charge in [-0.05, 0) is 25.0 Å². The molecule has 0 aliphatic heterocycles. The van der Waals surface area contributed by atoms with E-state index in [0.717, 1.165) is 4.90 Å². The standard InChI is InChI=1S/C11H10ClF3N2O2/c12-7-3-4-8(16-9(7)10(18)19)17(6-1-2-6)5-11(13,14)15/h3-4,6H,1-2,5H2,(H,18,19). The summed E-state index contributed by atoms with van der Waals surface area (Å²) in [6.45, 7) is -1.15. The van der Waals surface area contributed by atoms with Gasteiger partial charge in [0.05, 0.1) is 5.02 Å². The number of pyridine rings is 1. The molecule has 1 fully saturated rings. The van der Waals surface area contributed by atoms with Gasteiger partial charge in [-0.1, -0.05) is 11.6 Å². The van der Waals surface area contributed by atoms with E-state index in [1.807, 2.05) is 0 Å². The van der Waals surface area contributed by atoms with Crippen LogP contribution >= 0.6 is 11.6 Å². The van der Waals surface area contributed by atoms with Crippen LogP contribution in [0, 0.1) is 0 Å². The highest BCUT2D eigenvalue weighted by Gasteiger charge is 2.39. The number of halogens is 4. The maximum atomic E-state index is 12.5. The zero-order chi connectivity index (χ0) is 14.2. The van der Waals surface area contributed by atoms with Crippen LogP contribution in [0.2, 0.25) is 5.02 Å². The Hall–Kier alpha value is -1.50. The first-order valence-electron chi connectivity index (χ1n) is 5.51. The molecule has 0 saturated heterocycles. The molecule has 1 heterocycles. The lowest BCUT2D eigenvalue weighted by Crippen LogP contribution is -2.36. The summed E-state index contributed by atoms with van der Waals surface area (Å²) in [6, 6.07) is 2.31. The van der Waals surface area contributed by atoms with Gasteiger partial charge in [0.1, 0.15) is 12.4 Å². The van der Waals surface area contributed by atoms with Crippen LogP contribution in [0.5, 0.6) is 0 Å². The first-order valence-corrected chi connectivity index (χ1v) is 5.89. The largest absolute Gasteiger partial charge is 0.476 e. The Morgan fingerprint density at radius 2 is 2.11 bits per heavy atom. The van der Waals surface area contributed by atoms with Crippen LogP contribution in [0.3, 0.4) is 0 Å². The van der Waals surface area contributed by atoms with Crippen LogP contribution in [-0.2, 0) is 0 Å². The molecule has 0 radical (unpaired) electrons. The molecule has 1 saturated carbocycles. The zero-order valence-corrected chi connectivity index (χ0v) is 10.4. The van der Waals surface area contributed by atoms with Gasteiger partial charge in [0.15, 0.2) is 5.69 Å². The van der Waals surface area contributed by atoms with Crippen molar-refractivity contribution < 1.29 is 23.1 Å². The molecule has 1 N–H and O–H groups in total. The summed E-state index contributed by atoms with van der Waals surface area (Å²) in [5.41, 5.74) is -0.438. The van der Waals surface area contributed by atoms with Crippen LogP contribution < -0.4 is 4.90 Å². The second-order valence-electron chi connectivity index (χ2n) is 4.28. The van der Waals surface area contributed by atoms with E-state index in [1.165, 1.54) is 12.1 Å². The van der Waals surface area contributed by atoms with E-state index < -0.39 is 24.4 Å². The number of carbonyl (C=O) groups is 1. The summed E-state index contributed by atoms with van der Waals surface area (Å²) in [4.78, 5) is 15.7. The van der Waals surface area contributed by atoms with Crippen molar-refractivity contribution in [3.8, 4) is 0 Å². The highest BCUT2D eigenvalue weighted by Crippen LogP contribution is 2.34. The third kappa shape index (κ3) is 3.50. The summed E-state index contributed by atoms with van der Waals surface area (Å²) in [5.74, 6) is -1.38. The molecule has 1 aliphatic rings. The molecule has 0 aromatic carbocycles. The number of anilines is 1. The van der Waals surface area contributed by atoms with Crippen molar-refractivity contribution in [2.45, 2.75) is 25.1 Å². The Morgan fingerprint density at radius 3 is 2.58 bits per heavy atom. The lowest BCUT2D eigenvalue weighted by molar-refractivity contribution is -0.120. The molecule has 0 bridgehead atoms. The monoisotopic (exact) mass is 294 g/mol. The van der Waals surface area contributed by atoms with E-state index in [1.54, 1.807) is 0 Å². The third-order valence-corrected chi connectivity index (χ3v) is 2.97. The fraction of sp³-hybridized carbons (Fsp3) is 0.455. The summed E-state index contributed by atoms with van der Waals surface area (Å²) >= 11 is 5.64. The lowest BCUT2D eigenvalue weighted by atomic mass is 10.3. The fourth-order valence-electron chi connectivity index (χ4n) is 1.72. The average molecular weight is 295 g/mol. The van der Waals surface area contributed by atoms with Gasteiger partial charge in [-0.15, -0.1) is 0 Å². The predicted molar refractivity (Wildman–Crippen MR) is 62.6 cm³/mol. The van der Waals surface area contributed by atoms with E-state index in [4.69, 9.17) is 16.7 Å². The molecule has 104 valence electrons. The summed E-state index contributed by atoms with van der Waals surface area (Å²) in [5, 5.41) is 8.77. The topological polar surface area (TPSA) is 53.4 Å². The quantitative estimate of drug-likeness (QED) is 0.927. The van der Waals surface area contributed by atoms with Crippen molar-refractivity contribution in [1.82, 2.24) is 4.98 Å². The molecule has 0 atom stereocenters. The molecule has 1 aromatic heterocycles.